The Bertz CT molecular complexity index is 430. The van der Waals surface area contributed by atoms with Gasteiger partial charge in [0.05, 0.1) is 0 Å². The highest BCUT2D eigenvalue weighted by Gasteiger charge is 2.00. The molecular formula is C11H14N4. The Labute approximate surface area is 88.8 Å². The molecular weight excluding hydrogens is 188 g/mol. The van der Waals surface area contributed by atoms with E-state index in [9.17, 15) is 0 Å². The van der Waals surface area contributed by atoms with Crippen molar-refractivity contribution >= 4 is 0 Å². The molecule has 1 aromatic carbocycles. The number of rotatable bonds is 3. The predicted molar refractivity (Wildman–Crippen MR) is 58.1 cm³/mol. The van der Waals surface area contributed by atoms with E-state index in [1.165, 1.54) is 5.56 Å². The zero-order chi connectivity index (χ0) is 10.7. The van der Waals surface area contributed by atoms with Crippen LogP contribution < -0.4 is 5.73 Å². The van der Waals surface area contributed by atoms with Crippen molar-refractivity contribution in [2.45, 2.75) is 13.0 Å². The lowest BCUT2D eigenvalue weighted by atomic mass is 10.1. The summed E-state index contributed by atoms with van der Waals surface area (Å²) in [5, 5.41) is 4.23. The van der Waals surface area contributed by atoms with Crippen molar-refractivity contribution in [1.29, 1.82) is 0 Å². The SMILES string of the molecule is Cn1cnc(Cc2ccc(CN)cc2)n1. The third kappa shape index (κ3) is 2.41. The van der Waals surface area contributed by atoms with Crippen LogP contribution in [-0.2, 0) is 20.0 Å². The van der Waals surface area contributed by atoms with Gasteiger partial charge in [-0.3, -0.25) is 4.68 Å². The van der Waals surface area contributed by atoms with E-state index in [2.05, 4.69) is 22.2 Å². The molecule has 4 nitrogen and oxygen atoms in total. The average Bonchev–Trinajstić information content (AvgIpc) is 2.65. The van der Waals surface area contributed by atoms with Crippen LogP contribution in [0.2, 0.25) is 0 Å². The largest absolute Gasteiger partial charge is 0.326 e. The standard InChI is InChI=1S/C11H14N4/c1-15-8-13-11(14-15)6-9-2-4-10(7-12)5-3-9/h2-5,8H,6-7,12H2,1H3. The molecule has 2 N–H and O–H groups in total. The van der Waals surface area contributed by atoms with Gasteiger partial charge >= 0.3 is 0 Å². The van der Waals surface area contributed by atoms with Crippen LogP contribution in [0.15, 0.2) is 30.6 Å². The number of nitrogens with two attached hydrogens (primary N) is 1. The van der Waals surface area contributed by atoms with Crippen molar-refractivity contribution in [2.75, 3.05) is 0 Å². The number of benzene rings is 1. The van der Waals surface area contributed by atoms with Gasteiger partial charge in [0, 0.05) is 20.0 Å². The van der Waals surface area contributed by atoms with Gasteiger partial charge < -0.3 is 5.73 Å². The van der Waals surface area contributed by atoms with Crippen molar-refractivity contribution < 1.29 is 0 Å². The quantitative estimate of drug-likeness (QED) is 0.803. The summed E-state index contributed by atoms with van der Waals surface area (Å²) >= 11 is 0. The maximum absolute atomic E-state index is 5.53. The molecule has 0 amide bonds. The lowest BCUT2D eigenvalue weighted by Gasteiger charge is -1.99. The zero-order valence-corrected chi connectivity index (χ0v) is 8.72. The van der Waals surface area contributed by atoms with E-state index in [4.69, 9.17) is 5.73 Å². The molecule has 2 rings (SSSR count). The summed E-state index contributed by atoms with van der Waals surface area (Å²) in [6, 6.07) is 8.22. The van der Waals surface area contributed by atoms with Crippen LogP contribution in [0.5, 0.6) is 0 Å². The molecule has 0 atom stereocenters. The van der Waals surface area contributed by atoms with Crippen LogP contribution in [0, 0.1) is 0 Å². The molecule has 4 heteroatoms. The topological polar surface area (TPSA) is 56.7 Å². The summed E-state index contributed by atoms with van der Waals surface area (Å²) in [6.45, 7) is 0.585. The highest BCUT2D eigenvalue weighted by atomic mass is 15.3. The first-order valence-corrected chi connectivity index (χ1v) is 4.90. The van der Waals surface area contributed by atoms with E-state index in [0.29, 0.717) is 6.54 Å². The van der Waals surface area contributed by atoms with E-state index >= 15 is 0 Å². The van der Waals surface area contributed by atoms with E-state index < -0.39 is 0 Å². The summed E-state index contributed by atoms with van der Waals surface area (Å²) in [4.78, 5) is 4.18. The molecule has 0 bridgehead atoms. The van der Waals surface area contributed by atoms with Gasteiger partial charge in [-0.25, -0.2) is 4.98 Å². The molecule has 15 heavy (non-hydrogen) atoms. The summed E-state index contributed by atoms with van der Waals surface area (Å²) in [7, 11) is 1.87. The van der Waals surface area contributed by atoms with Crippen LogP contribution in [0.4, 0.5) is 0 Å². The molecule has 1 aromatic heterocycles. The number of aromatic nitrogens is 3. The molecule has 0 saturated carbocycles. The van der Waals surface area contributed by atoms with Crippen molar-refractivity contribution in [2.24, 2.45) is 12.8 Å². The van der Waals surface area contributed by atoms with Gasteiger partial charge in [0.15, 0.2) is 5.82 Å². The summed E-state index contributed by atoms with van der Waals surface area (Å²) in [5.41, 5.74) is 7.88. The number of aryl methyl sites for hydroxylation is 1. The first-order valence-electron chi connectivity index (χ1n) is 4.90. The van der Waals surface area contributed by atoms with Gasteiger partial charge in [-0.1, -0.05) is 24.3 Å². The van der Waals surface area contributed by atoms with E-state index in [1.54, 1.807) is 11.0 Å². The molecule has 78 valence electrons. The first-order chi connectivity index (χ1) is 7.28. The Morgan fingerprint density at radius 1 is 1.20 bits per heavy atom. The second kappa shape index (κ2) is 4.23. The average molecular weight is 202 g/mol. The van der Waals surface area contributed by atoms with Crippen molar-refractivity contribution in [3.8, 4) is 0 Å². The van der Waals surface area contributed by atoms with Crippen LogP contribution in [0.3, 0.4) is 0 Å². The Balaban J connectivity index is 2.11. The van der Waals surface area contributed by atoms with Gasteiger partial charge in [0.2, 0.25) is 0 Å². The fraction of sp³-hybridized carbons (Fsp3) is 0.273. The number of nitrogens with zero attached hydrogens (tertiary/aromatic N) is 3. The van der Waals surface area contributed by atoms with Crippen molar-refractivity contribution in [3.05, 3.63) is 47.5 Å². The molecule has 0 spiro atoms. The minimum atomic E-state index is 0.585. The van der Waals surface area contributed by atoms with Crippen LogP contribution in [0.25, 0.3) is 0 Å². The van der Waals surface area contributed by atoms with Crippen molar-refractivity contribution in [3.63, 3.8) is 0 Å². The fourth-order valence-corrected chi connectivity index (χ4v) is 1.44. The summed E-state index contributed by atoms with van der Waals surface area (Å²) in [6.07, 6.45) is 2.48. The van der Waals surface area contributed by atoms with Crippen LogP contribution in [0.1, 0.15) is 17.0 Å². The van der Waals surface area contributed by atoms with Gasteiger partial charge in [0.1, 0.15) is 6.33 Å². The molecule has 1 heterocycles. The zero-order valence-electron chi connectivity index (χ0n) is 8.72. The lowest BCUT2D eigenvalue weighted by Crippen LogP contribution is -1.97. The minimum absolute atomic E-state index is 0.585. The normalized spacial score (nSPS) is 10.5. The molecule has 0 saturated heterocycles. The third-order valence-corrected chi connectivity index (χ3v) is 2.27. The molecule has 0 fully saturated rings. The van der Waals surface area contributed by atoms with Crippen molar-refractivity contribution in [1.82, 2.24) is 14.8 Å². The molecule has 0 unspecified atom stereocenters. The van der Waals surface area contributed by atoms with Gasteiger partial charge in [-0.15, -0.1) is 0 Å². The van der Waals surface area contributed by atoms with Crippen LogP contribution in [-0.4, -0.2) is 14.8 Å². The summed E-state index contributed by atoms with van der Waals surface area (Å²) in [5.74, 6) is 0.845. The molecule has 0 aliphatic carbocycles. The Morgan fingerprint density at radius 2 is 1.87 bits per heavy atom. The third-order valence-electron chi connectivity index (χ3n) is 2.27. The number of hydrogen-bond acceptors (Lipinski definition) is 3. The van der Waals surface area contributed by atoms with Crippen LogP contribution >= 0.6 is 0 Å². The molecule has 2 aromatic rings. The maximum Gasteiger partial charge on any atom is 0.154 e. The second-order valence-corrected chi connectivity index (χ2v) is 3.53. The van der Waals surface area contributed by atoms with Gasteiger partial charge in [0.25, 0.3) is 0 Å². The number of hydrogen-bond donors (Lipinski definition) is 1. The lowest BCUT2D eigenvalue weighted by molar-refractivity contribution is 0.749. The highest BCUT2D eigenvalue weighted by molar-refractivity contribution is 5.24. The Morgan fingerprint density at radius 3 is 2.40 bits per heavy atom. The molecule has 0 aliphatic rings. The van der Waals surface area contributed by atoms with Gasteiger partial charge in [-0.2, -0.15) is 5.10 Å². The van der Waals surface area contributed by atoms with E-state index in [1.807, 2.05) is 19.2 Å². The summed E-state index contributed by atoms with van der Waals surface area (Å²) < 4.78 is 1.71. The monoisotopic (exact) mass is 202 g/mol. The van der Waals surface area contributed by atoms with E-state index in [-0.39, 0.29) is 0 Å². The molecule has 0 radical (unpaired) electrons. The Kier molecular flexibility index (Phi) is 2.78. The second-order valence-electron chi connectivity index (χ2n) is 3.53. The van der Waals surface area contributed by atoms with Gasteiger partial charge in [-0.05, 0) is 11.1 Å². The first kappa shape index (κ1) is 9.86. The minimum Gasteiger partial charge on any atom is -0.326 e. The smallest absolute Gasteiger partial charge is 0.154 e. The van der Waals surface area contributed by atoms with E-state index in [0.717, 1.165) is 17.8 Å². The molecule has 0 aliphatic heterocycles. The highest BCUT2D eigenvalue weighted by Crippen LogP contribution is 2.07. The fourth-order valence-electron chi connectivity index (χ4n) is 1.44. The Hall–Kier alpha value is -1.68. The predicted octanol–water partition coefficient (Wildman–Crippen LogP) is 0.865. The maximum atomic E-state index is 5.53.